The number of hydrogen-bond acceptors (Lipinski definition) is 3. The Labute approximate surface area is 153 Å². The summed E-state index contributed by atoms with van der Waals surface area (Å²) in [4.78, 5) is 7.26. The van der Waals surface area contributed by atoms with Gasteiger partial charge < -0.3 is 4.42 Å². The molecule has 25 heavy (non-hydrogen) atoms. The highest BCUT2D eigenvalue weighted by Gasteiger charge is 2.24. The summed E-state index contributed by atoms with van der Waals surface area (Å²) in [7, 11) is 0. The lowest BCUT2D eigenvalue weighted by atomic mass is 9.97. The maximum atomic E-state index is 6.27. The van der Waals surface area contributed by atoms with Crippen LogP contribution in [-0.2, 0) is 6.54 Å². The van der Waals surface area contributed by atoms with Crippen LogP contribution in [0.3, 0.4) is 0 Å². The second-order valence-electron chi connectivity index (χ2n) is 7.10. The highest BCUT2D eigenvalue weighted by Crippen LogP contribution is 2.31. The number of fused-ring (bicyclic) bond motifs is 1. The lowest BCUT2D eigenvalue weighted by Crippen LogP contribution is -2.42. The third kappa shape index (κ3) is 3.31. The van der Waals surface area contributed by atoms with Crippen molar-refractivity contribution in [3.05, 3.63) is 53.1 Å². The van der Waals surface area contributed by atoms with Crippen molar-refractivity contribution in [2.75, 3.05) is 0 Å². The zero-order valence-corrected chi connectivity index (χ0v) is 15.5. The fraction of sp³-hybridized carbons (Fsp3) is 0.381. The average Bonchev–Trinajstić information content (AvgIpc) is 3.01. The second-order valence-corrected chi connectivity index (χ2v) is 7.51. The van der Waals surface area contributed by atoms with Crippen LogP contribution in [0, 0.1) is 0 Å². The van der Waals surface area contributed by atoms with Crippen LogP contribution in [0.5, 0.6) is 0 Å². The zero-order valence-electron chi connectivity index (χ0n) is 14.7. The number of piperidine rings is 1. The molecule has 0 N–H and O–H groups in total. The highest BCUT2D eigenvalue weighted by molar-refractivity contribution is 6.33. The fourth-order valence-electron chi connectivity index (χ4n) is 3.82. The Morgan fingerprint density at radius 1 is 1.12 bits per heavy atom. The molecule has 0 saturated carbocycles. The molecule has 0 radical (unpaired) electrons. The Balaban J connectivity index is 1.63. The third-order valence-electron chi connectivity index (χ3n) is 5.30. The molecule has 1 aliphatic rings. The van der Waals surface area contributed by atoms with E-state index in [0.29, 0.717) is 23.0 Å². The normalized spacial score (nSPS) is 21.7. The van der Waals surface area contributed by atoms with E-state index in [0.717, 1.165) is 23.2 Å². The first-order valence-corrected chi connectivity index (χ1v) is 9.40. The van der Waals surface area contributed by atoms with E-state index in [-0.39, 0.29) is 0 Å². The minimum absolute atomic E-state index is 0.581. The molecule has 0 bridgehead atoms. The monoisotopic (exact) mass is 354 g/mol. The van der Waals surface area contributed by atoms with Gasteiger partial charge in [-0.15, -0.1) is 0 Å². The minimum Gasteiger partial charge on any atom is -0.436 e. The molecular formula is C21H23ClN2O. The first kappa shape index (κ1) is 16.6. The molecular weight excluding hydrogens is 332 g/mol. The van der Waals surface area contributed by atoms with Crippen LogP contribution in [0.4, 0.5) is 0 Å². The average molecular weight is 355 g/mol. The summed E-state index contributed by atoms with van der Waals surface area (Å²) in [5, 5.41) is 0.658. The van der Waals surface area contributed by atoms with Gasteiger partial charge in [-0.3, -0.25) is 4.90 Å². The Morgan fingerprint density at radius 2 is 1.88 bits per heavy atom. The maximum Gasteiger partial charge on any atom is 0.228 e. The summed E-state index contributed by atoms with van der Waals surface area (Å²) in [6, 6.07) is 15.2. The van der Waals surface area contributed by atoms with Crippen LogP contribution in [-0.4, -0.2) is 22.0 Å². The largest absolute Gasteiger partial charge is 0.436 e. The summed E-state index contributed by atoms with van der Waals surface area (Å²) >= 11 is 6.27. The number of rotatable bonds is 3. The second kappa shape index (κ2) is 6.81. The third-order valence-corrected chi connectivity index (χ3v) is 5.63. The summed E-state index contributed by atoms with van der Waals surface area (Å²) in [6.45, 7) is 5.63. The van der Waals surface area contributed by atoms with Crippen molar-refractivity contribution in [3.8, 4) is 11.5 Å². The summed E-state index contributed by atoms with van der Waals surface area (Å²) < 4.78 is 5.91. The molecule has 130 valence electrons. The molecule has 0 spiro atoms. The van der Waals surface area contributed by atoms with Crippen molar-refractivity contribution in [2.45, 2.75) is 51.7 Å². The zero-order chi connectivity index (χ0) is 17.4. The molecule has 2 aromatic carbocycles. The van der Waals surface area contributed by atoms with E-state index in [9.17, 15) is 0 Å². The van der Waals surface area contributed by atoms with Crippen LogP contribution in [0.2, 0.25) is 5.02 Å². The number of hydrogen-bond donors (Lipinski definition) is 0. The molecule has 2 atom stereocenters. The lowest BCUT2D eigenvalue weighted by Gasteiger charge is -2.39. The van der Waals surface area contributed by atoms with Crippen molar-refractivity contribution < 1.29 is 4.42 Å². The first-order valence-electron chi connectivity index (χ1n) is 9.02. The van der Waals surface area contributed by atoms with Gasteiger partial charge in [-0.1, -0.05) is 36.2 Å². The van der Waals surface area contributed by atoms with E-state index < -0.39 is 0 Å². The van der Waals surface area contributed by atoms with E-state index in [1.807, 2.05) is 30.3 Å². The number of halogens is 1. The molecule has 2 heterocycles. The number of benzene rings is 2. The maximum absolute atomic E-state index is 6.27. The van der Waals surface area contributed by atoms with Gasteiger partial charge in [0.2, 0.25) is 5.89 Å². The molecule has 3 nitrogen and oxygen atoms in total. The van der Waals surface area contributed by atoms with Crippen LogP contribution in [0.25, 0.3) is 22.6 Å². The summed E-state index contributed by atoms with van der Waals surface area (Å²) in [5.41, 5.74) is 3.82. The molecule has 1 aliphatic heterocycles. The predicted octanol–water partition coefficient (Wildman–Crippen LogP) is 5.91. The molecule has 4 rings (SSSR count). The van der Waals surface area contributed by atoms with Gasteiger partial charge in [0, 0.05) is 18.6 Å². The van der Waals surface area contributed by atoms with Gasteiger partial charge in [0.1, 0.15) is 5.52 Å². The van der Waals surface area contributed by atoms with Gasteiger partial charge in [0.25, 0.3) is 0 Å². The Kier molecular flexibility index (Phi) is 4.53. The van der Waals surface area contributed by atoms with Crippen molar-refractivity contribution in [3.63, 3.8) is 0 Å². The quantitative estimate of drug-likeness (QED) is 0.585. The summed E-state index contributed by atoms with van der Waals surface area (Å²) in [5.74, 6) is 0.581. The van der Waals surface area contributed by atoms with Crippen molar-refractivity contribution in [1.29, 1.82) is 0 Å². The number of likely N-dealkylation sites (tertiary alicyclic amines) is 1. The number of nitrogens with zero attached hydrogens (tertiary/aromatic N) is 2. The van der Waals surface area contributed by atoms with Gasteiger partial charge in [0.05, 0.1) is 10.6 Å². The van der Waals surface area contributed by atoms with Crippen LogP contribution in [0.1, 0.15) is 38.7 Å². The minimum atomic E-state index is 0.581. The molecule has 1 aromatic heterocycles. The van der Waals surface area contributed by atoms with Gasteiger partial charge in [-0.2, -0.15) is 0 Å². The highest BCUT2D eigenvalue weighted by atomic mass is 35.5. The topological polar surface area (TPSA) is 29.3 Å². The van der Waals surface area contributed by atoms with E-state index in [2.05, 4.69) is 35.9 Å². The fourth-order valence-corrected chi connectivity index (χ4v) is 4.04. The standard InChI is InChI=1S/C21H23ClN2O/c1-14-6-5-7-15(2)24(14)13-16-10-11-20-19(12-16)23-21(25-20)17-8-3-4-9-18(17)22/h3-4,8-12,14-15H,5-7,13H2,1-2H3/t14-,15-/m0/s1. The van der Waals surface area contributed by atoms with E-state index in [1.165, 1.54) is 24.8 Å². The molecule has 3 aromatic rings. The molecule has 1 fully saturated rings. The van der Waals surface area contributed by atoms with Crippen molar-refractivity contribution in [1.82, 2.24) is 9.88 Å². The predicted molar refractivity (Wildman–Crippen MR) is 103 cm³/mol. The molecule has 4 heteroatoms. The Morgan fingerprint density at radius 3 is 2.64 bits per heavy atom. The van der Waals surface area contributed by atoms with Crippen LogP contribution >= 0.6 is 11.6 Å². The molecule has 0 amide bonds. The van der Waals surface area contributed by atoms with Crippen molar-refractivity contribution >= 4 is 22.7 Å². The first-order chi connectivity index (χ1) is 12.1. The Hall–Kier alpha value is -1.84. The molecule has 0 unspecified atom stereocenters. The van der Waals surface area contributed by atoms with Crippen molar-refractivity contribution in [2.24, 2.45) is 0 Å². The number of oxazole rings is 1. The molecule has 0 aliphatic carbocycles. The van der Waals surface area contributed by atoms with E-state index in [4.69, 9.17) is 16.0 Å². The summed E-state index contributed by atoms with van der Waals surface area (Å²) in [6.07, 6.45) is 3.91. The van der Waals surface area contributed by atoms with Gasteiger partial charge >= 0.3 is 0 Å². The van der Waals surface area contributed by atoms with Gasteiger partial charge in [-0.05, 0) is 56.5 Å². The van der Waals surface area contributed by atoms with Crippen LogP contribution < -0.4 is 0 Å². The van der Waals surface area contributed by atoms with Crippen LogP contribution in [0.15, 0.2) is 46.9 Å². The molecule has 1 saturated heterocycles. The SMILES string of the molecule is C[C@H]1CCC[C@H](C)N1Cc1ccc2oc(-c3ccccc3Cl)nc2c1. The van der Waals surface area contributed by atoms with Gasteiger partial charge in [0.15, 0.2) is 5.58 Å². The lowest BCUT2D eigenvalue weighted by molar-refractivity contribution is 0.0953. The Bertz CT molecular complexity index is 878. The van der Waals surface area contributed by atoms with E-state index in [1.54, 1.807) is 0 Å². The number of aromatic nitrogens is 1. The van der Waals surface area contributed by atoms with E-state index >= 15 is 0 Å². The van der Waals surface area contributed by atoms with Gasteiger partial charge in [-0.25, -0.2) is 4.98 Å². The smallest absolute Gasteiger partial charge is 0.228 e.